The van der Waals surface area contributed by atoms with Gasteiger partial charge in [-0.3, -0.25) is 9.58 Å². The first-order valence-corrected chi connectivity index (χ1v) is 11.5. The Balaban J connectivity index is 1.74. The van der Waals surface area contributed by atoms with Crippen LogP contribution in [0.15, 0.2) is 36.4 Å². The zero-order valence-corrected chi connectivity index (χ0v) is 19.6. The molecule has 2 aromatic carbocycles. The van der Waals surface area contributed by atoms with Crippen molar-refractivity contribution in [2.24, 2.45) is 0 Å². The molecule has 0 radical (unpaired) electrons. The van der Waals surface area contributed by atoms with Crippen molar-refractivity contribution in [2.75, 3.05) is 6.61 Å². The summed E-state index contributed by atoms with van der Waals surface area (Å²) in [6.07, 6.45) is 1.95. The van der Waals surface area contributed by atoms with Crippen LogP contribution in [-0.2, 0) is 26.1 Å². The van der Waals surface area contributed by atoms with Gasteiger partial charge in [0.25, 0.3) is 0 Å². The molecule has 1 unspecified atom stereocenters. The minimum atomic E-state index is 0.144. The average Bonchev–Trinajstić information content (AvgIpc) is 3.02. The number of nitrogens with zero attached hydrogens (tertiary/aromatic N) is 3. The van der Waals surface area contributed by atoms with E-state index in [1.165, 1.54) is 44.6 Å². The van der Waals surface area contributed by atoms with E-state index in [2.05, 4.69) is 80.6 Å². The minimum Gasteiger partial charge on any atom is -0.395 e. The molecular weight excluding hydrogens is 382 g/mol. The summed E-state index contributed by atoms with van der Waals surface area (Å²) in [5, 5.41) is 15.2. The van der Waals surface area contributed by atoms with Crippen molar-refractivity contribution < 1.29 is 5.11 Å². The van der Waals surface area contributed by atoms with E-state index in [9.17, 15) is 5.11 Å². The van der Waals surface area contributed by atoms with Crippen LogP contribution in [0, 0.1) is 27.7 Å². The van der Waals surface area contributed by atoms with Gasteiger partial charge in [-0.1, -0.05) is 48.9 Å². The summed E-state index contributed by atoms with van der Waals surface area (Å²) < 4.78 is 2.21. The normalized spacial score (nSPS) is 16.5. The maximum absolute atomic E-state index is 10.1. The van der Waals surface area contributed by atoms with Gasteiger partial charge in [-0.2, -0.15) is 5.10 Å². The molecule has 2 heterocycles. The van der Waals surface area contributed by atoms with Gasteiger partial charge < -0.3 is 5.11 Å². The summed E-state index contributed by atoms with van der Waals surface area (Å²) in [4.78, 5) is 2.43. The Morgan fingerprint density at radius 1 is 1.03 bits per heavy atom. The third-order valence-corrected chi connectivity index (χ3v) is 6.70. The molecule has 0 saturated carbocycles. The molecule has 0 spiro atoms. The van der Waals surface area contributed by atoms with Crippen molar-refractivity contribution in [2.45, 2.75) is 73.1 Å². The van der Waals surface area contributed by atoms with E-state index >= 15 is 0 Å². The maximum atomic E-state index is 10.1. The van der Waals surface area contributed by atoms with Gasteiger partial charge >= 0.3 is 0 Å². The van der Waals surface area contributed by atoms with E-state index in [0.29, 0.717) is 0 Å². The first-order valence-electron chi connectivity index (χ1n) is 11.5. The van der Waals surface area contributed by atoms with E-state index in [-0.39, 0.29) is 12.6 Å². The fourth-order valence-electron chi connectivity index (χ4n) is 5.17. The summed E-state index contributed by atoms with van der Waals surface area (Å²) >= 11 is 0. The molecular formula is C27H35N3O. The highest BCUT2D eigenvalue weighted by Gasteiger charge is 2.28. The predicted molar refractivity (Wildman–Crippen MR) is 127 cm³/mol. The Labute approximate surface area is 186 Å². The van der Waals surface area contributed by atoms with Gasteiger partial charge in [-0.05, 0) is 68.4 Å². The molecule has 1 aromatic heterocycles. The van der Waals surface area contributed by atoms with Crippen LogP contribution < -0.4 is 0 Å². The Kier molecular flexibility index (Phi) is 6.31. The van der Waals surface area contributed by atoms with E-state index < -0.39 is 0 Å². The highest BCUT2D eigenvalue weighted by molar-refractivity contribution is 5.71. The molecule has 4 nitrogen and oxygen atoms in total. The highest BCUT2D eigenvalue weighted by Crippen LogP contribution is 2.33. The molecule has 1 atom stereocenters. The van der Waals surface area contributed by atoms with Gasteiger partial charge in [0.2, 0.25) is 0 Å². The second-order valence-electron chi connectivity index (χ2n) is 9.13. The summed E-state index contributed by atoms with van der Waals surface area (Å²) in [5.41, 5.74) is 11.5. The van der Waals surface area contributed by atoms with E-state index in [4.69, 9.17) is 5.10 Å². The molecule has 1 N–H and O–H groups in total. The number of aryl methyl sites for hydroxylation is 4. The van der Waals surface area contributed by atoms with Crippen LogP contribution in [-0.4, -0.2) is 32.4 Å². The molecule has 0 amide bonds. The number of aromatic nitrogens is 2. The van der Waals surface area contributed by atoms with Crippen molar-refractivity contribution in [3.05, 3.63) is 75.5 Å². The topological polar surface area (TPSA) is 41.3 Å². The second-order valence-corrected chi connectivity index (χ2v) is 9.13. The molecule has 0 fully saturated rings. The SMILES string of the molecule is CCCn1nc(-c2c(C)cc(C)cc2C)c(C)c1CN1Cc2ccccc2CC1CO. The first kappa shape index (κ1) is 21.8. The second kappa shape index (κ2) is 8.97. The Bertz CT molecular complexity index is 1060. The quantitative estimate of drug-likeness (QED) is 0.606. The van der Waals surface area contributed by atoms with Crippen LogP contribution in [0.1, 0.15) is 52.4 Å². The lowest BCUT2D eigenvalue weighted by Crippen LogP contribution is -2.42. The van der Waals surface area contributed by atoms with E-state index in [0.717, 1.165) is 38.2 Å². The Hall–Kier alpha value is -2.43. The number of benzene rings is 2. The fraction of sp³-hybridized carbons (Fsp3) is 0.444. The molecule has 1 aliphatic rings. The molecule has 0 aliphatic carbocycles. The van der Waals surface area contributed by atoms with Crippen LogP contribution in [0.5, 0.6) is 0 Å². The van der Waals surface area contributed by atoms with Crippen molar-refractivity contribution in [1.29, 1.82) is 0 Å². The van der Waals surface area contributed by atoms with Crippen LogP contribution in [0.3, 0.4) is 0 Å². The molecule has 4 rings (SSSR count). The monoisotopic (exact) mass is 417 g/mol. The zero-order valence-electron chi connectivity index (χ0n) is 19.6. The van der Waals surface area contributed by atoms with Gasteiger partial charge in [0.15, 0.2) is 0 Å². The van der Waals surface area contributed by atoms with Crippen LogP contribution in [0.2, 0.25) is 0 Å². The third-order valence-electron chi connectivity index (χ3n) is 6.70. The minimum absolute atomic E-state index is 0.144. The number of fused-ring (bicyclic) bond motifs is 1. The van der Waals surface area contributed by atoms with Crippen LogP contribution in [0.25, 0.3) is 11.3 Å². The van der Waals surface area contributed by atoms with Crippen LogP contribution >= 0.6 is 0 Å². The van der Waals surface area contributed by atoms with Gasteiger partial charge in [-0.15, -0.1) is 0 Å². The van der Waals surface area contributed by atoms with Crippen molar-refractivity contribution in [1.82, 2.24) is 14.7 Å². The van der Waals surface area contributed by atoms with E-state index in [1.807, 2.05) is 0 Å². The Morgan fingerprint density at radius 3 is 2.35 bits per heavy atom. The van der Waals surface area contributed by atoms with Gasteiger partial charge in [0, 0.05) is 31.2 Å². The predicted octanol–water partition coefficient (Wildman–Crippen LogP) is 5.11. The third kappa shape index (κ3) is 4.19. The van der Waals surface area contributed by atoms with Crippen LogP contribution in [0.4, 0.5) is 0 Å². The number of hydrogen-bond acceptors (Lipinski definition) is 3. The van der Waals surface area contributed by atoms with Crippen molar-refractivity contribution in [3.8, 4) is 11.3 Å². The summed E-state index contributed by atoms with van der Waals surface area (Å²) in [6.45, 7) is 13.7. The first-order chi connectivity index (χ1) is 14.9. The van der Waals surface area contributed by atoms with E-state index in [1.54, 1.807) is 0 Å². The zero-order chi connectivity index (χ0) is 22.1. The fourth-order valence-corrected chi connectivity index (χ4v) is 5.17. The number of rotatable bonds is 6. The van der Waals surface area contributed by atoms with Gasteiger partial charge in [0.05, 0.1) is 18.0 Å². The summed E-state index contributed by atoms with van der Waals surface area (Å²) in [5.74, 6) is 0. The van der Waals surface area contributed by atoms with Gasteiger partial charge in [-0.25, -0.2) is 0 Å². The lowest BCUT2D eigenvalue weighted by atomic mass is 9.93. The van der Waals surface area contributed by atoms with Crippen molar-refractivity contribution in [3.63, 3.8) is 0 Å². The maximum Gasteiger partial charge on any atom is 0.0961 e. The largest absolute Gasteiger partial charge is 0.395 e. The molecule has 0 bridgehead atoms. The van der Waals surface area contributed by atoms with Gasteiger partial charge in [0.1, 0.15) is 0 Å². The smallest absolute Gasteiger partial charge is 0.0961 e. The molecule has 4 heteroatoms. The molecule has 1 aliphatic heterocycles. The standard InChI is InChI=1S/C27H35N3O/c1-6-11-30-25(16-29-15-23-10-8-7-9-22(23)14-24(29)17-31)21(5)27(28-30)26-19(3)12-18(2)13-20(26)4/h7-10,12-13,24,31H,6,11,14-17H2,1-5H3. The number of hydrogen-bond donors (Lipinski definition) is 1. The lowest BCUT2D eigenvalue weighted by Gasteiger charge is -2.36. The van der Waals surface area contributed by atoms with Crippen molar-refractivity contribution >= 4 is 0 Å². The lowest BCUT2D eigenvalue weighted by molar-refractivity contribution is 0.0968. The number of aliphatic hydroxyl groups is 1. The molecule has 0 saturated heterocycles. The summed E-state index contributed by atoms with van der Waals surface area (Å²) in [7, 11) is 0. The summed E-state index contributed by atoms with van der Waals surface area (Å²) in [6, 6.07) is 13.3. The average molecular weight is 418 g/mol. The molecule has 31 heavy (non-hydrogen) atoms. The number of aliphatic hydroxyl groups excluding tert-OH is 1. The highest BCUT2D eigenvalue weighted by atomic mass is 16.3. The molecule has 3 aromatic rings. The Morgan fingerprint density at radius 2 is 1.71 bits per heavy atom. The molecule has 164 valence electrons.